The second-order valence-corrected chi connectivity index (χ2v) is 4.80. The molecule has 1 fully saturated rings. The topological polar surface area (TPSA) is 32.7 Å². The summed E-state index contributed by atoms with van der Waals surface area (Å²) in [5, 5.41) is 9.20. The van der Waals surface area contributed by atoms with Crippen LogP contribution < -0.4 is 0 Å². The highest BCUT2D eigenvalue weighted by atomic mass is 32.1. The van der Waals surface area contributed by atoms with Gasteiger partial charge in [-0.25, -0.2) is 0 Å². The number of aliphatic hydroxyl groups is 1. The molecule has 1 rings (SSSR count). The Labute approximate surface area is 98.2 Å². The Hall–Kier alpha value is 0.230. The van der Waals surface area contributed by atoms with Crippen LogP contribution in [-0.2, 0) is 4.74 Å². The van der Waals surface area contributed by atoms with Crippen LogP contribution in [0.1, 0.15) is 19.8 Å². The van der Waals surface area contributed by atoms with Gasteiger partial charge in [0.2, 0.25) is 0 Å². The van der Waals surface area contributed by atoms with Crippen molar-refractivity contribution in [1.82, 2.24) is 4.90 Å². The lowest BCUT2D eigenvalue weighted by Gasteiger charge is -2.34. The Morgan fingerprint density at radius 3 is 3.00 bits per heavy atom. The number of nitrogens with zero attached hydrogens (tertiary/aromatic N) is 1. The van der Waals surface area contributed by atoms with E-state index in [1.807, 2.05) is 0 Å². The van der Waals surface area contributed by atoms with Crippen LogP contribution in [0.25, 0.3) is 0 Å². The van der Waals surface area contributed by atoms with Crippen molar-refractivity contribution < 1.29 is 9.84 Å². The molecule has 0 radical (unpaired) electrons. The first-order valence-corrected chi connectivity index (χ1v) is 6.44. The van der Waals surface area contributed by atoms with Crippen LogP contribution in [0, 0.1) is 5.92 Å². The minimum absolute atomic E-state index is 0.209. The first kappa shape index (κ1) is 13.3. The van der Waals surface area contributed by atoms with E-state index in [0.717, 1.165) is 31.4 Å². The van der Waals surface area contributed by atoms with E-state index in [-0.39, 0.29) is 12.6 Å². The number of thiol groups is 1. The van der Waals surface area contributed by atoms with E-state index in [9.17, 15) is 5.11 Å². The van der Waals surface area contributed by atoms with E-state index >= 15 is 0 Å². The van der Waals surface area contributed by atoms with Crippen molar-refractivity contribution in [3.63, 3.8) is 0 Å². The van der Waals surface area contributed by atoms with Crippen LogP contribution in [0.4, 0.5) is 0 Å². The summed E-state index contributed by atoms with van der Waals surface area (Å²) < 4.78 is 5.34. The number of ether oxygens (including phenoxy) is 1. The molecule has 3 nitrogen and oxygen atoms in total. The van der Waals surface area contributed by atoms with E-state index in [4.69, 9.17) is 4.74 Å². The fourth-order valence-corrected chi connectivity index (χ4v) is 2.34. The highest BCUT2D eigenvalue weighted by molar-refractivity contribution is 7.80. The average molecular weight is 233 g/mol. The Kier molecular flexibility index (Phi) is 6.64. The van der Waals surface area contributed by atoms with E-state index in [1.54, 1.807) is 0 Å². The largest absolute Gasteiger partial charge is 0.395 e. The molecule has 0 aromatic rings. The van der Waals surface area contributed by atoms with Gasteiger partial charge in [0.1, 0.15) is 0 Å². The molecule has 2 atom stereocenters. The lowest BCUT2D eigenvalue weighted by atomic mass is 10.0. The summed E-state index contributed by atoms with van der Waals surface area (Å²) in [6, 6.07) is 0.210. The number of rotatable bonds is 6. The predicted octanol–water partition coefficient (Wildman–Crippen LogP) is 1.03. The van der Waals surface area contributed by atoms with Gasteiger partial charge in [-0.2, -0.15) is 12.6 Å². The summed E-state index contributed by atoms with van der Waals surface area (Å²) in [5.74, 6) is 1.69. The van der Waals surface area contributed by atoms with Crippen LogP contribution in [0.3, 0.4) is 0 Å². The normalized spacial score (nSPS) is 25.4. The molecule has 1 saturated heterocycles. The molecule has 0 saturated carbocycles. The summed E-state index contributed by atoms with van der Waals surface area (Å²) in [6.07, 6.45) is 2.37. The van der Waals surface area contributed by atoms with Gasteiger partial charge >= 0.3 is 0 Å². The van der Waals surface area contributed by atoms with Crippen molar-refractivity contribution in [3.05, 3.63) is 0 Å². The minimum atomic E-state index is 0.209. The Bertz CT molecular complexity index is 169. The maximum absolute atomic E-state index is 9.20. The minimum Gasteiger partial charge on any atom is -0.395 e. The zero-order chi connectivity index (χ0) is 11.1. The predicted molar refractivity (Wildman–Crippen MR) is 65.5 cm³/mol. The van der Waals surface area contributed by atoms with Crippen LogP contribution in [0.5, 0.6) is 0 Å². The van der Waals surface area contributed by atoms with E-state index in [0.29, 0.717) is 6.61 Å². The molecule has 1 N–H and O–H groups in total. The van der Waals surface area contributed by atoms with Crippen molar-refractivity contribution in [3.8, 4) is 0 Å². The summed E-state index contributed by atoms with van der Waals surface area (Å²) >= 11 is 4.24. The van der Waals surface area contributed by atoms with E-state index < -0.39 is 0 Å². The monoisotopic (exact) mass is 233 g/mol. The second kappa shape index (κ2) is 7.49. The quantitative estimate of drug-likeness (QED) is 0.672. The Morgan fingerprint density at radius 2 is 2.33 bits per heavy atom. The summed E-state index contributed by atoms with van der Waals surface area (Å²) in [4.78, 5) is 2.35. The first-order chi connectivity index (χ1) is 7.27. The molecule has 2 unspecified atom stereocenters. The highest BCUT2D eigenvalue weighted by Crippen LogP contribution is 2.13. The van der Waals surface area contributed by atoms with Gasteiger partial charge in [0, 0.05) is 6.54 Å². The fraction of sp³-hybridized carbons (Fsp3) is 1.00. The van der Waals surface area contributed by atoms with Crippen molar-refractivity contribution in [1.29, 1.82) is 0 Å². The van der Waals surface area contributed by atoms with Crippen LogP contribution >= 0.6 is 12.6 Å². The summed E-state index contributed by atoms with van der Waals surface area (Å²) in [7, 11) is 0. The fourth-order valence-electron chi connectivity index (χ4n) is 1.90. The van der Waals surface area contributed by atoms with Gasteiger partial charge in [-0.05, 0) is 31.1 Å². The maximum Gasteiger partial charge on any atom is 0.0644 e. The summed E-state index contributed by atoms with van der Waals surface area (Å²) in [5.41, 5.74) is 0. The highest BCUT2D eigenvalue weighted by Gasteiger charge is 2.21. The molecule has 0 spiro atoms. The Balaban J connectivity index is 2.22. The van der Waals surface area contributed by atoms with Gasteiger partial charge in [0.05, 0.1) is 25.9 Å². The van der Waals surface area contributed by atoms with Gasteiger partial charge in [-0.15, -0.1) is 0 Å². The summed E-state index contributed by atoms with van der Waals surface area (Å²) in [6.45, 7) is 5.99. The SMILES string of the molecule is CC(CCS)CCN1CCOCC1CO. The number of aliphatic hydroxyl groups excluding tert-OH is 1. The zero-order valence-electron chi connectivity index (χ0n) is 9.56. The van der Waals surface area contributed by atoms with E-state index in [1.165, 1.54) is 12.8 Å². The van der Waals surface area contributed by atoms with Gasteiger partial charge in [0.15, 0.2) is 0 Å². The third kappa shape index (κ3) is 4.72. The van der Waals surface area contributed by atoms with Gasteiger partial charge in [-0.3, -0.25) is 4.90 Å². The van der Waals surface area contributed by atoms with E-state index in [2.05, 4.69) is 24.5 Å². The lowest BCUT2D eigenvalue weighted by molar-refractivity contribution is -0.0290. The molecule has 0 aromatic carbocycles. The van der Waals surface area contributed by atoms with Crippen LogP contribution in [0.15, 0.2) is 0 Å². The number of hydrogen-bond acceptors (Lipinski definition) is 4. The third-order valence-corrected chi connectivity index (χ3v) is 3.35. The molecule has 15 heavy (non-hydrogen) atoms. The standard InChI is InChI=1S/C11H23NO2S/c1-10(3-7-15)2-4-12-5-6-14-9-11(12)8-13/h10-11,13,15H,2-9H2,1H3. The van der Waals surface area contributed by atoms with Crippen molar-refractivity contribution in [2.24, 2.45) is 5.92 Å². The number of morpholine rings is 1. The second-order valence-electron chi connectivity index (χ2n) is 4.35. The molecule has 0 aromatic heterocycles. The Morgan fingerprint density at radius 1 is 1.53 bits per heavy atom. The zero-order valence-corrected chi connectivity index (χ0v) is 10.5. The van der Waals surface area contributed by atoms with Crippen molar-refractivity contribution >= 4 is 12.6 Å². The molecule has 1 aliphatic heterocycles. The molecule has 4 heteroatoms. The van der Waals surface area contributed by atoms with Gasteiger partial charge in [0.25, 0.3) is 0 Å². The molecule has 0 aliphatic carbocycles. The average Bonchev–Trinajstić information content (AvgIpc) is 2.27. The molecule has 0 bridgehead atoms. The molecular weight excluding hydrogens is 210 g/mol. The molecule has 1 aliphatic rings. The van der Waals surface area contributed by atoms with Crippen LogP contribution in [-0.4, -0.2) is 54.7 Å². The molecule has 90 valence electrons. The number of hydrogen-bond donors (Lipinski definition) is 2. The van der Waals surface area contributed by atoms with Crippen molar-refractivity contribution in [2.75, 3.05) is 38.7 Å². The molecule has 0 amide bonds. The maximum atomic E-state index is 9.20. The smallest absolute Gasteiger partial charge is 0.0644 e. The first-order valence-electron chi connectivity index (χ1n) is 5.81. The van der Waals surface area contributed by atoms with Crippen LogP contribution in [0.2, 0.25) is 0 Å². The van der Waals surface area contributed by atoms with Gasteiger partial charge < -0.3 is 9.84 Å². The van der Waals surface area contributed by atoms with Crippen molar-refractivity contribution in [2.45, 2.75) is 25.8 Å². The molecule has 1 heterocycles. The lowest BCUT2D eigenvalue weighted by Crippen LogP contribution is -2.48. The third-order valence-electron chi connectivity index (χ3n) is 3.09. The van der Waals surface area contributed by atoms with Gasteiger partial charge in [-0.1, -0.05) is 6.92 Å². The molecular formula is C11H23NO2S.